The van der Waals surface area contributed by atoms with Crippen LogP contribution in [0.25, 0.3) is 0 Å². The molecule has 0 aromatic heterocycles. The molecule has 1 unspecified atom stereocenters. The van der Waals surface area contributed by atoms with Gasteiger partial charge in [0.25, 0.3) is 0 Å². The van der Waals surface area contributed by atoms with Gasteiger partial charge in [0.05, 0.1) is 6.10 Å². The number of ether oxygens (including phenoxy) is 1. The van der Waals surface area contributed by atoms with E-state index in [-0.39, 0.29) is 12.1 Å². The zero-order valence-corrected chi connectivity index (χ0v) is 13.5. The van der Waals surface area contributed by atoms with Gasteiger partial charge in [-0.05, 0) is 38.7 Å². The van der Waals surface area contributed by atoms with Gasteiger partial charge in [-0.1, -0.05) is 50.3 Å². The summed E-state index contributed by atoms with van der Waals surface area (Å²) >= 11 is 0. The predicted octanol–water partition coefficient (Wildman–Crippen LogP) is 4.34. The summed E-state index contributed by atoms with van der Waals surface area (Å²) in [7, 11) is 0. The Morgan fingerprint density at radius 1 is 1.19 bits per heavy atom. The van der Waals surface area contributed by atoms with Crippen LogP contribution in [0.5, 0.6) is 5.75 Å². The van der Waals surface area contributed by atoms with Gasteiger partial charge in [-0.15, -0.1) is 0 Å². The number of benzene rings is 1. The maximum atomic E-state index is 5.92. The van der Waals surface area contributed by atoms with E-state index in [2.05, 4.69) is 31.4 Å². The summed E-state index contributed by atoms with van der Waals surface area (Å²) < 4.78 is 5.92. The predicted molar refractivity (Wildman–Crippen MR) is 88.1 cm³/mol. The van der Waals surface area contributed by atoms with E-state index >= 15 is 0 Å². The van der Waals surface area contributed by atoms with Crippen LogP contribution in [-0.4, -0.2) is 6.10 Å². The molecule has 1 atom stereocenters. The van der Waals surface area contributed by atoms with Crippen molar-refractivity contribution in [1.29, 1.82) is 0 Å². The molecule has 1 aromatic carbocycles. The third-order valence-electron chi connectivity index (χ3n) is 4.45. The van der Waals surface area contributed by atoms with E-state index in [9.17, 15) is 0 Å². The topological polar surface area (TPSA) is 47.3 Å². The lowest BCUT2D eigenvalue weighted by atomic mass is 9.84. The number of para-hydroxylation sites is 1. The molecule has 0 heterocycles. The molecular weight excluding hydrogens is 260 g/mol. The lowest BCUT2D eigenvalue weighted by Crippen LogP contribution is -2.29. The lowest BCUT2D eigenvalue weighted by molar-refractivity contribution is 0.236. The van der Waals surface area contributed by atoms with Gasteiger partial charge in [0.15, 0.2) is 0 Å². The van der Waals surface area contributed by atoms with Crippen LogP contribution in [0.1, 0.15) is 70.4 Å². The first-order chi connectivity index (χ1) is 10.2. The van der Waals surface area contributed by atoms with E-state index < -0.39 is 0 Å². The van der Waals surface area contributed by atoms with Crippen LogP contribution in [0.15, 0.2) is 24.3 Å². The number of nitrogens with two attached hydrogens (primary N) is 1. The Labute approximate surface area is 129 Å². The number of hydrogen-bond acceptors (Lipinski definition) is 3. The normalized spacial score (nSPS) is 17.9. The highest BCUT2D eigenvalue weighted by molar-refractivity contribution is 5.36. The van der Waals surface area contributed by atoms with Crippen LogP contribution in [0.2, 0.25) is 0 Å². The SMILES string of the molecule is CC(C)Oc1ccccc1C(CCC1CCCCC1)NN. The summed E-state index contributed by atoms with van der Waals surface area (Å²) in [6.07, 6.45) is 9.52. The molecule has 0 amide bonds. The van der Waals surface area contributed by atoms with Crippen LogP contribution in [0.3, 0.4) is 0 Å². The minimum absolute atomic E-state index is 0.182. The highest BCUT2D eigenvalue weighted by atomic mass is 16.5. The maximum absolute atomic E-state index is 5.92. The van der Waals surface area contributed by atoms with E-state index in [4.69, 9.17) is 10.6 Å². The van der Waals surface area contributed by atoms with Crippen LogP contribution in [-0.2, 0) is 0 Å². The number of nitrogens with one attached hydrogen (secondary N) is 1. The molecule has 3 N–H and O–H groups in total. The first-order valence-electron chi connectivity index (χ1n) is 8.42. The van der Waals surface area contributed by atoms with Crippen LogP contribution >= 0.6 is 0 Å². The van der Waals surface area contributed by atoms with Crippen molar-refractivity contribution in [3.05, 3.63) is 29.8 Å². The second-order valence-electron chi connectivity index (χ2n) is 6.51. The molecule has 0 spiro atoms. The number of hydrogen-bond donors (Lipinski definition) is 2. The van der Waals surface area contributed by atoms with Crippen LogP contribution in [0.4, 0.5) is 0 Å². The molecule has 3 nitrogen and oxygen atoms in total. The molecule has 1 aliphatic carbocycles. The first kappa shape index (κ1) is 16.3. The largest absolute Gasteiger partial charge is 0.491 e. The second kappa shape index (κ2) is 8.40. The third-order valence-corrected chi connectivity index (χ3v) is 4.45. The summed E-state index contributed by atoms with van der Waals surface area (Å²) in [4.78, 5) is 0. The van der Waals surface area contributed by atoms with Crippen LogP contribution in [0, 0.1) is 5.92 Å². The molecule has 0 bridgehead atoms. The molecule has 118 valence electrons. The number of rotatable bonds is 7. The molecule has 1 saturated carbocycles. The fourth-order valence-electron chi connectivity index (χ4n) is 3.34. The molecular formula is C18H30N2O. The summed E-state index contributed by atoms with van der Waals surface area (Å²) in [6.45, 7) is 4.12. The van der Waals surface area contributed by atoms with Gasteiger partial charge in [0.1, 0.15) is 5.75 Å². The Kier molecular flexibility index (Phi) is 6.52. The third kappa shape index (κ3) is 5.01. The minimum atomic E-state index is 0.182. The van der Waals surface area contributed by atoms with Crippen molar-refractivity contribution < 1.29 is 4.74 Å². The van der Waals surface area contributed by atoms with Gasteiger partial charge in [-0.25, -0.2) is 0 Å². The maximum Gasteiger partial charge on any atom is 0.124 e. The lowest BCUT2D eigenvalue weighted by Gasteiger charge is -2.25. The fourth-order valence-corrected chi connectivity index (χ4v) is 3.34. The Morgan fingerprint density at radius 2 is 1.90 bits per heavy atom. The van der Waals surface area contributed by atoms with Gasteiger partial charge in [0.2, 0.25) is 0 Å². The zero-order valence-electron chi connectivity index (χ0n) is 13.5. The monoisotopic (exact) mass is 290 g/mol. The number of hydrazine groups is 1. The van der Waals surface area contributed by atoms with Gasteiger partial charge < -0.3 is 4.74 Å². The van der Waals surface area contributed by atoms with Crippen molar-refractivity contribution in [3.63, 3.8) is 0 Å². The zero-order chi connectivity index (χ0) is 15.1. The van der Waals surface area contributed by atoms with Gasteiger partial charge >= 0.3 is 0 Å². The van der Waals surface area contributed by atoms with E-state index in [1.807, 2.05) is 12.1 Å². The van der Waals surface area contributed by atoms with Crippen molar-refractivity contribution in [2.75, 3.05) is 0 Å². The molecule has 1 fully saturated rings. The Hall–Kier alpha value is -1.06. The van der Waals surface area contributed by atoms with Crippen molar-refractivity contribution >= 4 is 0 Å². The molecule has 0 aliphatic heterocycles. The first-order valence-corrected chi connectivity index (χ1v) is 8.42. The highest BCUT2D eigenvalue weighted by Crippen LogP contribution is 2.33. The van der Waals surface area contributed by atoms with E-state index in [0.29, 0.717) is 0 Å². The average molecular weight is 290 g/mol. The second-order valence-corrected chi connectivity index (χ2v) is 6.51. The summed E-state index contributed by atoms with van der Waals surface area (Å²) in [5, 5.41) is 0. The summed E-state index contributed by atoms with van der Waals surface area (Å²) in [5.74, 6) is 7.65. The van der Waals surface area contributed by atoms with E-state index in [1.165, 1.54) is 44.1 Å². The van der Waals surface area contributed by atoms with Crippen molar-refractivity contribution in [3.8, 4) is 5.75 Å². The van der Waals surface area contributed by atoms with E-state index in [0.717, 1.165) is 18.1 Å². The average Bonchev–Trinajstić information content (AvgIpc) is 2.50. The van der Waals surface area contributed by atoms with Crippen LogP contribution < -0.4 is 16.0 Å². The summed E-state index contributed by atoms with van der Waals surface area (Å²) in [6, 6.07) is 8.44. The van der Waals surface area contributed by atoms with Gasteiger partial charge in [0, 0.05) is 11.6 Å². The highest BCUT2D eigenvalue weighted by Gasteiger charge is 2.19. The van der Waals surface area contributed by atoms with Gasteiger partial charge in [-0.3, -0.25) is 11.3 Å². The standard InChI is InChI=1S/C18H30N2O/c1-14(2)21-18-11-7-6-10-16(18)17(20-19)13-12-15-8-4-3-5-9-15/h6-7,10-11,14-15,17,20H,3-5,8-9,12-13,19H2,1-2H3. The summed E-state index contributed by atoms with van der Waals surface area (Å²) in [5.41, 5.74) is 4.18. The fraction of sp³-hybridized carbons (Fsp3) is 0.667. The van der Waals surface area contributed by atoms with Crippen molar-refractivity contribution in [2.24, 2.45) is 11.8 Å². The minimum Gasteiger partial charge on any atom is -0.491 e. The molecule has 0 saturated heterocycles. The molecule has 1 aliphatic rings. The smallest absolute Gasteiger partial charge is 0.124 e. The van der Waals surface area contributed by atoms with Gasteiger partial charge in [-0.2, -0.15) is 0 Å². The molecule has 2 rings (SSSR count). The quantitative estimate of drug-likeness (QED) is 0.580. The van der Waals surface area contributed by atoms with Crippen molar-refractivity contribution in [1.82, 2.24) is 5.43 Å². The molecule has 0 radical (unpaired) electrons. The van der Waals surface area contributed by atoms with E-state index in [1.54, 1.807) is 0 Å². The Bertz CT molecular complexity index is 413. The molecule has 21 heavy (non-hydrogen) atoms. The molecule has 1 aromatic rings. The Balaban J connectivity index is 1.99. The van der Waals surface area contributed by atoms with Crippen molar-refractivity contribution in [2.45, 2.75) is 70.9 Å². The Morgan fingerprint density at radius 3 is 2.57 bits per heavy atom. The molecule has 3 heteroatoms.